The van der Waals surface area contributed by atoms with Gasteiger partial charge in [0.15, 0.2) is 0 Å². The molecular formula is C12H21NO. The average Bonchev–Trinajstić information content (AvgIpc) is 2.17. The fourth-order valence-electron chi connectivity index (χ4n) is 1.35. The van der Waals surface area contributed by atoms with Crippen LogP contribution in [-0.4, -0.2) is 5.91 Å². The topological polar surface area (TPSA) is 29.1 Å². The summed E-state index contributed by atoms with van der Waals surface area (Å²) in [6.07, 6.45) is 2.86. The molecule has 1 amide bonds. The molecule has 0 radical (unpaired) electrons. The van der Waals surface area contributed by atoms with Gasteiger partial charge >= 0.3 is 0 Å². The Hall–Kier alpha value is -1.05. The van der Waals surface area contributed by atoms with Gasteiger partial charge in [-0.25, -0.2) is 0 Å². The standard InChI is InChI=1S/C12H21NO/c1-6-10(7-2)11(8-3)13-12(14)9(4)5/h4,6-8H2,1-3,5H3,(H,13,14). The number of hydrogen-bond acceptors (Lipinski definition) is 1. The Morgan fingerprint density at radius 2 is 1.64 bits per heavy atom. The van der Waals surface area contributed by atoms with E-state index in [-0.39, 0.29) is 5.91 Å². The van der Waals surface area contributed by atoms with Crippen molar-refractivity contribution in [2.75, 3.05) is 0 Å². The lowest BCUT2D eigenvalue weighted by Gasteiger charge is -2.12. The van der Waals surface area contributed by atoms with E-state index in [4.69, 9.17) is 0 Å². The summed E-state index contributed by atoms with van der Waals surface area (Å²) in [7, 11) is 0. The predicted octanol–water partition coefficient (Wildman–Crippen LogP) is 3.16. The molecule has 1 N–H and O–H groups in total. The van der Waals surface area contributed by atoms with E-state index in [2.05, 4.69) is 32.7 Å². The highest BCUT2D eigenvalue weighted by atomic mass is 16.1. The third-order valence-corrected chi connectivity index (χ3v) is 2.29. The molecule has 2 nitrogen and oxygen atoms in total. The SMILES string of the molecule is C=C(C)C(=O)NC(CC)=C(CC)CC. The van der Waals surface area contributed by atoms with Crippen LogP contribution in [0, 0.1) is 0 Å². The first kappa shape index (κ1) is 12.9. The molecule has 0 aliphatic rings. The maximum Gasteiger partial charge on any atom is 0.250 e. The summed E-state index contributed by atoms with van der Waals surface area (Å²) in [6.45, 7) is 11.6. The van der Waals surface area contributed by atoms with Crippen LogP contribution in [0.5, 0.6) is 0 Å². The van der Waals surface area contributed by atoms with Crippen LogP contribution in [0.1, 0.15) is 47.0 Å². The largest absolute Gasteiger partial charge is 0.326 e. The summed E-state index contributed by atoms with van der Waals surface area (Å²) < 4.78 is 0. The van der Waals surface area contributed by atoms with Crippen molar-refractivity contribution in [1.29, 1.82) is 0 Å². The van der Waals surface area contributed by atoms with Gasteiger partial charge in [-0.3, -0.25) is 4.79 Å². The molecule has 0 atom stereocenters. The first-order chi connectivity index (χ1) is 6.56. The third-order valence-electron chi connectivity index (χ3n) is 2.29. The van der Waals surface area contributed by atoms with Gasteiger partial charge in [-0.1, -0.05) is 32.9 Å². The first-order valence-electron chi connectivity index (χ1n) is 5.24. The van der Waals surface area contributed by atoms with E-state index < -0.39 is 0 Å². The Kier molecular flexibility index (Phi) is 5.93. The van der Waals surface area contributed by atoms with Crippen molar-refractivity contribution in [2.24, 2.45) is 0 Å². The molecule has 2 heteroatoms. The number of amides is 1. The van der Waals surface area contributed by atoms with E-state index in [9.17, 15) is 4.79 Å². The molecule has 0 aromatic carbocycles. The van der Waals surface area contributed by atoms with Gasteiger partial charge in [0, 0.05) is 11.3 Å². The molecule has 0 aliphatic carbocycles. The highest BCUT2D eigenvalue weighted by Gasteiger charge is 2.06. The van der Waals surface area contributed by atoms with Gasteiger partial charge in [0.05, 0.1) is 0 Å². The Labute approximate surface area is 87.1 Å². The highest BCUT2D eigenvalue weighted by molar-refractivity contribution is 5.93. The molecule has 0 aromatic rings. The van der Waals surface area contributed by atoms with Crippen LogP contribution < -0.4 is 5.32 Å². The molecule has 0 aliphatic heterocycles. The summed E-state index contributed by atoms with van der Waals surface area (Å²) >= 11 is 0. The summed E-state index contributed by atoms with van der Waals surface area (Å²) in [6, 6.07) is 0. The van der Waals surface area contributed by atoms with Crippen molar-refractivity contribution in [3.63, 3.8) is 0 Å². The Morgan fingerprint density at radius 3 is 1.93 bits per heavy atom. The lowest BCUT2D eigenvalue weighted by atomic mass is 10.1. The Morgan fingerprint density at radius 1 is 1.14 bits per heavy atom. The van der Waals surface area contributed by atoms with Gasteiger partial charge < -0.3 is 5.32 Å². The van der Waals surface area contributed by atoms with Crippen molar-refractivity contribution in [2.45, 2.75) is 47.0 Å². The monoisotopic (exact) mass is 195 g/mol. The molecule has 80 valence electrons. The molecule has 0 saturated carbocycles. The van der Waals surface area contributed by atoms with E-state index in [1.165, 1.54) is 5.57 Å². The molecule has 0 heterocycles. The number of allylic oxidation sites excluding steroid dienone is 2. The molecule has 0 spiro atoms. The van der Waals surface area contributed by atoms with Crippen LogP contribution in [-0.2, 0) is 4.79 Å². The van der Waals surface area contributed by atoms with Crippen LogP contribution in [0.25, 0.3) is 0 Å². The molecule has 0 bridgehead atoms. The van der Waals surface area contributed by atoms with Gasteiger partial charge in [-0.2, -0.15) is 0 Å². The minimum atomic E-state index is -0.0683. The Bertz CT molecular complexity index is 245. The lowest BCUT2D eigenvalue weighted by Crippen LogP contribution is -2.24. The quantitative estimate of drug-likeness (QED) is 0.671. The van der Waals surface area contributed by atoms with Gasteiger partial charge in [-0.15, -0.1) is 0 Å². The van der Waals surface area contributed by atoms with E-state index in [0.29, 0.717) is 5.57 Å². The number of carbonyl (C=O) groups excluding carboxylic acids is 1. The van der Waals surface area contributed by atoms with E-state index in [1.807, 2.05) is 0 Å². The first-order valence-corrected chi connectivity index (χ1v) is 5.24. The maximum absolute atomic E-state index is 11.4. The second-order valence-corrected chi connectivity index (χ2v) is 3.38. The molecular weight excluding hydrogens is 174 g/mol. The smallest absolute Gasteiger partial charge is 0.250 e. The van der Waals surface area contributed by atoms with Crippen LogP contribution >= 0.6 is 0 Å². The number of rotatable bonds is 5. The molecule has 0 rings (SSSR count). The molecule has 0 saturated heterocycles. The third kappa shape index (κ3) is 3.77. The molecule has 14 heavy (non-hydrogen) atoms. The van der Waals surface area contributed by atoms with Gasteiger partial charge in [0.1, 0.15) is 0 Å². The summed E-state index contributed by atoms with van der Waals surface area (Å²) in [4.78, 5) is 11.4. The average molecular weight is 195 g/mol. The van der Waals surface area contributed by atoms with E-state index >= 15 is 0 Å². The zero-order chi connectivity index (χ0) is 11.1. The Balaban J connectivity index is 4.65. The summed E-state index contributed by atoms with van der Waals surface area (Å²) in [5.41, 5.74) is 2.94. The fraction of sp³-hybridized carbons (Fsp3) is 0.583. The van der Waals surface area contributed by atoms with Crippen LogP contribution in [0.2, 0.25) is 0 Å². The predicted molar refractivity (Wildman–Crippen MR) is 60.9 cm³/mol. The second kappa shape index (κ2) is 6.41. The zero-order valence-electron chi connectivity index (χ0n) is 9.74. The molecule has 0 fully saturated rings. The van der Waals surface area contributed by atoms with Crippen molar-refractivity contribution in [3.8, 4) is 0 Å². The number of hydrogen-bond donors (Lipinski definition) is 1. The van der Waals surface area contributed by atoms with Gasteiger partial charge in [0.25, 0.3) is 0 Å². The van der Waals surface area contributed by atoms with E-state index in [0.717, 1.165) is 25.0 Å². The van der Waals surface area contributed by atoms with Gasteiger partial charge in [0.2, 0.25) is 5.91 Å². The maximum atomic E-state index is 11.4. The fourth-order valence-corrected chi connectivity index (χ4v) is 1.35. The van der Waals surface area contributed by atoms with Crippen LogP contribution in [0.3, 0.4) is 0 Å². The zero-order valence-corrected chi connectivity index (χ0v) is 9.74. The van der Waals surface area contributed by atoms with Crippen molar-refractivity contribution in [1.82, 2.24) is 5.32 Å². The van der Waals surface area contributed by atoms with E-state index in [1.54, 1.807) is 6.92 Å². The van der Waals surface area contributed by atoms with Crippen molar-refractivity contribution < 1.29 is 4.79 Å². The summed E-state index contributed by atoms with van der Waals surface area (Å²) in [5, 5.41) is 2.91. The summed E-state index contributed by atoms with van der Waals surface area (Å²) in [5.74, 6) is -0.0683. The highest BCUT2D eigenvalue weighted by Crippen LogP contribution is 2.13. The normalized spacial score (nSPS) is 9.43. The lowest BCUT2D eigenvalue weighted by molar-refractivity contribution is -0.116. The van der Waals surface area contributed by atoms with Crippen molar-refractivity contribution in [3.05, 3.63) is 23.4 Å². The molecule has 0 unspecified atom stereocenters. The minimum Gasteiger partial charge on any atom is -0.326 e. The van der Waals surface area contributed by atoms with Crippen molar-refractivity contribution >= 4 is 5.91 Å². The van der Waals surface area contributed by atoms with Crippen LogP contribution in [0.4, 0.5) is 0 Å². The second-order valence-electron chi connectivity index (χ2n) is 3.38. The minimum absolute atomic E-state index is 0.0683. The van der Waals surface area contributed by atoms with Crippen LogP contribution in [0.15, 0.2) is 23.4 Å². The van der Waals surface area contributed by atoms with Gasteiger partial charge in [-0.05, 0) is 26.2 Å². The number of nitrogens with one attached hydrogen (secondary N) is 1. The molecule has 0 aromatic heterocycles. The number of carbonyl (C=O) groups is 1.